The number of nitrogens with zero attached hydrogens (tertiary/aromatic N) is 3. The maximum Gasteiger partial charge on any atom is 0.228 e. The first kappa shape index (κ1) is 16.4. The molecule has 0 bridgehead atoms. The summed E-state index contributed by atoms with van der Waals surface area (Å²) in [7, 11) is 3.55. The predicted molar refractivity (Wildman–Crippen MR) is 86.2 cm³/mol. The van der Waals surface area contributed by atoms with Crippen molar-refractivity contribution in [2.45, 2.75) is 38.8 Å². The molecule has 2 N–H and O–H groups in total. The van der Waals surface area contributed by atoms with Crippen LogP contribution in [0.25, 0.3) is 0 Å². The highest BCUT2D eigenvalue weighted by atomic mass is 32.1. The number of amides is 1. The van der Waals surface area contributed by atoms with E-state index in [0.717, 1.165) is 23.8 Å². The van der Waals surface area contributed by atoms with E-state index in [1.807, 2.05) is 0 Å². The summed E-state index contributed by atoms with van der Waals surface area (Å²) in [5, 5.41) is 2.98. The highest BCUT2D eigenvalue weighted by molar-refractivity contribution is 7.09. The number of nitrogens with two attached hydrogens (primary N) is 1. The molecule has 2 atom stereocenters. The van der Waals surface area contributed by atoms with E-state index in [1.54, 1.807) is 30.3 Å². The number of aromatic nitrogens is 1. The van der Waals surface area contributed by atoms with Crippen LogP contribution in [0.15, 0.2) is 5.38 Å². The smallest absolute Gasteiger partial charge is 0.228 e. The molecule has 1 aliphatic heterocycles. The van der Waals surface area contributed by atoms with Crippen molar-refractivity contribution < 1.29 is 4.79 Å². The summed E-state index contributed by atoms with van der Waals surface area (Å²) in [5.74, 6) is 0.750. The maximum absolute atomic E-state index is 11.7. The third-order valence-corrected chi connectivity index (χ3v) is 5.14. The Kier molecular flexibility index (Phi) is 5.72. The minimum absolute atomic E-state index is 0.0994. The van der Waals surface area contributed by atoms with Gasteiger partial charge in [0.05, 0.1) is 12.1 Å². The number of likely N-dealkylation sites (N-methyl/N-ethyl adjacent to an activating group) is 1. The summed E-state index contributed by atoms with van der Waals surface area (Å²) in [6.07, 6.45) is 2.89. The molecule has 1 aliphatic rings. The molecule has 21 heavy (non-hydrogen) atoms. The minimum atomic E-state index is 0.0994. The number of rotatable bonds is 5. The van der Waals surface area contributed by atoms with Gasteiger partial charge in [-0.3, -0.25) is 9.69 Å². The van der Waals surface area contributed by atoms with Crippen LogP contribution in [-0.4, -0.2) is 53.9 Å². The van der Waals surface area contributed by atoms with Crippen molar-refractivity contribution >= 4 is 17.2 Å². The van der Waals surface area contributed by atoms with Crippen molar-refractivity contribution in [1.29, 1.82) is 0 Å². The Morgan fingerprint density at radius 3 is 3.00 bits per heavy atom. The molecular weight excluding hydrogens is 284 g/mol. The van der Waals surface area contributed by atoms with Gasteiger partial charge in [-0.15, -0.1) is 11.3 Å². The van der Waals surface area contributed by atoms with Crippen LogP contribution in [0.3, 0.4) is 0 Å². The number of piperidine rings is 1. The van der Waals surface area contributed by atoms with E-state index in [-0.39, 0.29) is 5.91 Å². The van der Waals surface area contributed by atoms with Crippen molar-refractivity contribution in [2.24, 2.45) is 11.7 Å². The lowest BCUT2D eigenvalue weighted by molar-refractivity contribution is -0.127. The third kappa shape index (κ3) is 4.25. The number of carbonyl (C=O) groups is 1. The first-order valence-corrected chi connectivity index (χ1v) is 8.46. The normalized spacial score (nSPS) is 23.2. The van der Waals surface area contributed by atoms with Gasteiger partial charge in [0.15, 0.2) is 0 Å². The van der Waals surface area contributed by atoms with E-state index >= 15 is 0 Å². The molecule has 2 unspecified atom stereocenters. The van der Waals surface area contributed by atoms with Gasteiger partial charge >= 0.3 is 0 Å². The summed E-state index contributed by atoms with van der Waals surface area (Å²) in [6, 6.07) is 0.451. The number of carbonyl (C=O) groups excluding carboxylic acids is 1. The molecular formula is C15H26N4OS. The van der Waals surface area contributed by atoms with Gasteiger partial charge in [0.2, 0.25) is 5.91 Å². The Labute approximate surface area is 131 Å². The Hall–Kier alpha value is -0.980. The molecule has 0 aromatic carbocycles. The van der Waals surface area contributed by atoms with Crippen molar-refractivity contribution in [1.82, 2.24) is 14.8 Å². The second-order valence-corrected chi connectivity index (χ2v) is 7.03. The van der Waals surface area contributed by atoms with Gasteiger partial charge in [0.1, 0.15) is 5.01 Å². The van der Waals surface area contributed by atoms with Gasteiger partial charge in [-0.25, -0.2) is 4.98 Å². The van der Waals surface area contributed by atoms with E-state index in [0.29, 0.717) is 24.9 Å². The fourth-order valence-corrected chi connectivity index (χ4v) is 3.69. The SMILES string of the molecule is CC1CCCN(Cc2csc(CC(=O)N(C)C)n2)C1CN. The average molecular weight is 310 g/mol. The summed E-state index contributed by atoms with van der Waals surface area (Å²) < 4.78 is 0. The first-order chi connectivity index (χ1) is 10.0. The number of thiazole rings is 1. The van der Waals surface area contributed by atoms with Crippen LogP contribution in [0.5, 0.6) is 0 Å². The van der Waals surface area contributed by atoms with Gasteiger partial charge in [-0.05, 0) is 25.3 Å². The van der Waals surface area contributed by atoms with Crippen LogP contribution in [0.2, 0.25) is 0 Å². The van der Waals surface area contributed by atoms with E-state index < -0.39 is 0 Å². The molecule has 5 nitrogen and oxygen atoms in total. The quantitative estimate of drug-likeness (QED) is 0.891. The van der Waals surface area contributed by atoms with E-state index in [2.05, 4.69) is 22.2 Å². The van der Waals surface area contributed by atoms with Crippen LogP contribution in [0.4, 0.5) is 0 Å². The maximum atomic E-state index is 11.7. The molecule has 0 saturated carbocycles. The molecule has 1 fully saturated rings. The Balaban J connectivity index is 1.96. The molecule has 1 saturated heterocycles. The molecule has 0 radical (unpaired) electrons. The average Bonchev–Trinajstić information content (AvgIpc) is 2.86. The van der Waals surface area contributed by atoms with Crippen LogP contribution >= 0.6 is 11.3 Å². The van der Waals surface area contributed by atoms with Gasteiger partial charge < -0.3 is 10.6 Å². The van der Waals surface area contributed by atoms with Crippen LogP contribution in [-0.2, 0) is 17.8 Å². The fourth-order valence-electron chi connectivity index (χ4n) is 2.91. The summed E-state index contributed by atoms with van der Waals surface area (Å²) >= 11 is 1.58. The van der Waals surface area contributed by atoms with E-state index in [9.17, 15) is 4.79 Å². The molecule has 1 amide bonds. The number of hydrogen-bond donors (Lipinski definition) is 1. The van der Waals surface area contributed by atoms with Crippen LogP contribution < -0.4 is 5.73 Å². The zero-order valence-electron chi connectivity index (χ0n) is 13.2. The van der Waals surface area contributed by atoms with Crippen molar-refractivity contribution in [3.8, 4) is 0 Å². The van der Waals surface area contributed by atoms with Crippen LogP contribution in [0, 0.1) is 5.92 Å². The summed E-state index contributed by atoms with van der Waals surface area (Å²) in [5.41, 5.74) is 7.00. The van der Waals surface area contributed by atoms with Gasteiger partial charge in [0, 0.05) is 38.6 Å². The molecule has 1 aromatic rings. The minimum Gasteiger partial charge on any atom is -0.348 e. The largest absolute Gasteiger partial charge is 0.348 e. The Bertz CT molecular complexity index is 474. The van der Waals surface area contributed by atoms with Gasteiger partial charge in [-0.2, -0.15) is 0 Å². The van der Waals surface area contributed by atoms with Crippen molar-refractivity contribution in [3.05, 3.63) is 16.1 Å². The topological polar surface area (TPSA) is 62.5 Å². The van der Waals surface area contributed by atoms with E-state index in [4.69, 9.17) is 5.73 Å². The van der Waals surface area contributed by atoms with Crippen molar-refractivity contribution in [3.63, 3.8) is 0 Å². The summed E-state index contributed by atoms with van der Waals surface area (Å²) in [6.45, 7) is 4.93. The lowest BCUT2D eigenvalue weighted by Gasteiger charge is -2.39. The second kappa shape index (κ2) is 7.33. The Morgan fingerprint density at radius 1 is 1.57 bits per heavy atom. The number of likely N-dealkylation sites (tertiary alicyclic amines) is 1. The molecule has 1 aromatic heterocycles. The second-order valence-electron chi connectivity index (χ2n) is 6.09. The molecule has 0 aliphatic carbocycles. The van der Waals surface area contributed by atoms with Gasteiger partial charge in [-0.1, -0.05) is 6.92 Å². The molecule has 2 rings (SSSR count). The van der Waals surface area contributed by atoms with E-state index in [1.165, 1.54) is 12.8 Å². The number of hydrogen-bond acceptors (Lipinski definition) is 5. The van der Waals surface area contributed by atoms with Gasteiger partial charge in [0.25, 0.3) is 0 Å². The standard InChI is InChI=1S/C15H26N4OS/c1-11-5-4-6-19(13(11)8-16)9-12-10-21-14(17-12)7-15(20)18(2)3/h10-11,13H,4-9,16H2,1-3H3. The zero-order chi connectivity index (χ0) is 15.4. The fraction of sp³-hybridized carbons (Fsp3) is 0.733. The molecule has 118 valence electrons. The monoisotopic (exact) mass is 310 g/mol. The van der Waals surface area contributed by atoms with Crippen molar-refractivity contribution in [2.75, 3.05) is 27.2 Å². The lowest BCUT2D eigenvalue weighted by atomic mass is 9.91. The predicted octanol–water partition coefficient (Wildman–Crippen LogP) is 1.33. The Morgan fingerprint density at radius 2 is 2.33 bits per heavy atom. The highest BCUT2D eigenvalue weighted by Gasteiger charge is 2.27. The first-order valence-electron chi connectivity index (χ1n) is 7.58. The molecule has 0 spiro atoms. The summed E-state index contributed by atoms with van der Waals surface area (Å²) in [4.78, 5) is 20.4. The highest BCUT2D eigenvalue weighted by Crippen LogP contribution is 2.24. The molecule has 6 heteroatoms. The molecule has 2 heterocycles. The third-order valence-electron chi connectivity index (χ3n) is 4.24. The zero-order valence-corrected chi connectivity index (χ0v) is 14.0. The lowest BCUT2D eigenvalue weighted by Crippen LogP contribution is -2.48. The van der Waals surface area contributed by atoms with Crippen LogP contribution in [0.1, 0.15) is 30.5 Å².